The van der Waals surface area contributed by atoms with Crippen molar-refractivity contribution in [3.05, 3.63) is 51.2 Å². The molecule has 0 saturated heterocycles. The Labute approximate surface area is 145 Å². The lowest BCUT2D eigenvalue weighted by atomic mass is 9.95. The van der Waals surface area contributed by atoms with E-state index < -0.39 is 0 Å². The largest absolute Gasteiger partial charge is 0.489 e. The van der Waals surface area contributed by atoms with Gasteiger partial charge in [-0.3, -0.25) is 4.79 Å². The molecular formula is C18H20ClNO2S. The van der Waals surface area contributed by atoms with Gasteiger partial charge in [0.25, 0.3) is 5.91 Å². The summed E-state index contributed by atoms with van der Waals surface area (Å²) in [7, 11) is 0. The first-order valence-electron chi connectivity index (χ1n) is 7.97. The molecule has 3 rings (SSSR count). The first-order chi connectivity index (χ1) is 11.2. The highest BCUT2D eigenvalue weighted by molar-refractivity contribution is 7.12. The van der Waals surface area contributed by atoms with E-state index in [4.69, 9.17) is 16.3 Å². The van der Waals surface area contributed by atoms with Gasteiger partial charge in [-0.1, -0.05) is 36.9 Å². The van der Waals surface area contributed by atoms with Crippen LogP contribution in [0.1, 0.15) is 47.3 Å². The van der Waals surface area contributed by atoms with Gasteiger partial charge in [0.2, 0.25) is 0 Å². The zero-order valence-electron chi connectivity index (χ0n) is 12.9. The molecule has 0 spiro atoms. The SMILES string of the molecule is O=C(NC1CCCCC1)c1cc(COc2cccc(Cl)c2)cs1. The number of halogens is 1. The summed E-state index contributed by atoms with van der Waals surface area (Å²) in [5.74, 6) is 0.771. The predicted molar refractivity (Wildman–Crippen MR) is 94.4 cm³/mol. The number of benzene rings is 1. The van der Waals surface area contributed by atoms with Crippen LogP contribution in [-0.2, 0) is 6.61 Å². The van der Waals surface area contributed by atoms with Crippen LogP contribution in [0.3, 0.4) is 0 Å². The van der Waals surface area contributed by atoms with E-state index in [1.54, 1.807) is 6.07 Å². The molecular weight excluding hydrogens is 330 g/mol. The van der Waals surface area contributed by atoms with E-state index in [2.05, 4.69) is 5.32 Å². The van der Waals surface area contributed by atoms with Gasteiger partial charge < -0.3 is 10.1 Å². The third-order valence-electron chi connectivity index (χ3n) is 4.02. The zero-order chi connectivity index (χ0) is 16.1. The predicted octanol–water partition coefficient (Wildman–Crippen LogP) is 5.04. The number of hydrogen-bond donors (Lipinski definition) is 1. The van der Waals surface area contributed by atoms with Gasteiger partial charge in [0, 0.05) is 16.6 Å². The van der Waals surface area contributed by atoms with Crippen molar-refractivity contribution in [2.75, 3.05) is 0 Å². The first-order valence-corrected chi connectivity index (χ1v) is 9.23. The maximum absolute atomic E-state index is 12.3. The van der Waals surface area contributed by atoms with E-state index in [0.29, 0.717) is 17.7 Å². The Morgan fingerprint density at radius 3 is 2.87 bits per heavy atom. The van der Waals surface area contributed by atoms with Crippen LogP contribution in [-0.4, -0.2) is 11.9 Å². The quantitative estimate of drug-likeness (QED) is 0.820. The Kier molecular flexibility index (Phi) is 5.57. The van der Waals surface area contributed by atoms with Gasteiger partial charge in [-0.05, 0) is 42.5 Å². The van der Waals surface area contributed by atoms with E-state index in [1.165, 1.54) is 30.6 Å². The second kappa shape index (κ2) is 7.84. The van der Waals surface area contributed by atoms with Crippen LogP contribution in [0.2, 0.25) is 5.02 Å². The summed E-state index contributed by atoms with van der Waals surface area (Å²) < 4.78 is 5.71. The van der Waals surface area contributed by atoms with Crippen LogP contribution in [0, 0.1) is 0 Å². The molecule has 122 valence electrons. The number of rotatable bonds is 5. The fraction of sp³-hybridized carbons (Fsp3) is 0.389. The average Bonchev–Trinajstić information content (AvgIpc) is 3.03. The third kappa shape index (κ3) is 4.72. The number of hydrogen-bond acceptors (Lipinski definition) is 3. The summed E-state index contributed by atoms with van der Waals surface area (Å²) in [4.78, 5) is 13.0. The molecule has 3 nitrogen and oxygen atoms in total. The third-order valence-corrected chi connectivity index (χ3v) is 5.23. The molecule has 1 aromatic heterocycles. The van der Waals surface area contributed by atoms with Crippen LogP contribution in [0.25, 0.3) is 0 Å². The topological polar surface area (TPSA) is 38.3 Å². The zero-order valence-corrected chi connectivity index (χ0v) is 14.5. The van der Waals surface area contributed by atoms with Crippen molar-refractivity contribution >= 4 is 28.8 Å². The molecule has 2 aromatic rings. The normalized spacial score (nSPS) is 15.3. The Bertz CT molecular complexity index is 665. The smallest absolute Gasteiger partial charge is 0.261 e. The molecule has 5 heteroatoms. The van der Waals surface area contributed by atoms with Crippen LogP contribution < -0.4 is 10.1 Å². The Balaban J connectivity index is 1.53. The fourth-order valence-corrected chi connectivity index (χ4v) is 3.78. The van der Waals surface area contributed by atoms with Gasteiger partial charge in [-0.2, -0.15) is 0 Å². The van der Waals surface area contributed by atoms with Crippen molar-refractivity contribution in [3.63, 3.8) is 0 Å². The molecule has 23 heavy (non-hydrogen) atoms. The molecule has 0 aliphatic heterocycles. The van der Waals surface area contributed by atoms with E-state index in [9.17, 15) is 4.79 Å². The monoisotopic (exact) mass is 349 g/mol. The number of ether oxygens (including phenoxy) is 1. The molecule has 1 aliphatic carbocycles. The highest BCUT2D eigenvalue weighted by Gasteiger charge is 2.17. The second-order valence-electron chi connectivity index (χ2n) is 5.87. The summed E-state index contributed by atoms with van der Waals surface area (Å²) in [5.41, 5.74) is 1.00. The molecule has 0 bridgehead atoms. The minimum absolute atomic E-state index is 0.0379. The summed E-state index contributed by atoms with van der Waals surface area (Å²) in [6.45, 7) is 0.438. The molecule has 1 fully saturated rings. The number of amides is 1. The summed E-state index contributed by atoms with van der Waals surface area (Å²) >= 11 is 7.40. The van der Waals surface area contributed by atoms with E-state index in [1.807, 2.05) is 29.6 Å². The van der Waals surface area contributed by atoms with E-state index in [-0.39, 0.29) is 5.91 Å². The maximum Gasteiger partial charge on any atom is 0.261 e. The van der Waals surface area contributed by atoms with Crippen LogP contribution in [0.5, 0.6) is 5.75 Å². The molecule has 1 saturated carbocycles. The summed E-state index contributed by atoms with van der Waals surface area (Å²) in [6.07, 6.45) is 5.92. The van der Waals surface area contributed by atoms with Crippen LogP contribution in [0.4, 0.5) is 0 Å². The molecule has 0 unspecified atom stereocenters. The van der Waals surface area contributed by atoms with Crippen molar-refractivity contribution in [3.8, 4) is 5.75 Å². The van der Waals surface area contributed by atoms with Gasteiger partial charge in [0.05, 0.1) is 4.88 Å². The minimum Gasteiger partial charge on any atom is -0.489 e. The summed E-state index contributed by atoms with van der Waals surface area (Å²) in [6, 6.07) is 9.57. The maximum atomic E-state index is 12.3. The van der Waals surface area contributed by atoms with Crippen molar-refractivity contribution in [1.82, 2.24) is 5.32 Å². The van der Waals surface area contributed by atoms with E-state index >= 15 is 0 Å². The Hall–Kier alpha value is -1.52. The molecule has 0 atom stereocenters. The summed E-state index contributed by atoms with van der Waals surface area (Å²) in [5, 5.41) is 5.77. The van der Waals surface area contributed by atoms with Gasteiger partial charge in [0.1, 0.15) is 12.4 Å². The van der Waals surface area contributed by atoms with Crippen molar-refractivity contribution in [2.24, 2.45) is 0 Å². The average molecular weight is 350 g/mol. The van der Waals surface area contributed by atoms with Crippen molar-refractivity contribution < 1.29 is 9.53 Å². The second-order valence-corrected chi connectivity index (χ2v) is 7.22. The van der Waals surface area contributed by atoms with Crippen molar-refractivity contribution in [1.29, 1.82) is 0 Å². The number of thiophene rings is 1. The lowest BCUT2D eigenvalue weighted by Crippen LogP contribution is -2.35. The van der Waals surface area contributed by atoms with Gasteiger partial charge in [-0.25, -0.2) is 0 Å². The lowest BCUT2D eigenvalue weighted by Gasteiger charge is -2.22. The molecule has 0 radical (unpaired) electrons. The fourth-order valence-electron chi connectivity index (χ4n) is 2.80. The lowest BCUT2D eigenvalue weighted by molar-refractivity contribution is 0.0932. The Morgan fingerprint density at radius 1 is 1.26 bits per heavy atom. The highest BCUT2D eigenvalue weighted by Crippen LogP contribution is 2.22. The first kappa shape index (κ1) is 16.3. The van der Waals surface area contributed by atoms with Crippen LogP contribution >= 0.6 is 22.9 Å². The van der Waals surface area contributed by atoms with Gasteiger partial charge in [-0.15, -0.1) is 11.3 Å². The molecule has 1 aliphatic rings. The molecule has 1 aromatic carbocycles. The molecule has 1 N–H and O–H groups in total. The molecule has 1 amide bonds. The standard InChI is InChI=1S/C18H20ClNO2S/c19-14-5-4-8-16(10-14)22-11-13-9-17(23-12-13)18(21)20-15-6-2-1-3-7-15/h4-5,8-10,12,15H,1-3,6-7,11H2,(H,20,21). The molecule has 1 heterocycles. The van der Waals surface area contributed by atoms with Gasteiger partial charge >= 0.3 is 0 Å². The minimum atomic E-state index is 0.0379. The van der Waals surface area contributed by atoms with E-state index in [0.717, 1.165) is 29.0 Å². The van der Waals surface area contributed by atoms with Crippen molar-refractivity contribution in [2.45, 2.75) is 44.8 Å². The Morgan fingerprint density at radius 2 is 2.09 bits per heavy atom. The number of nitrogens with one attached hydrogen (secondary N) is 1. The highest BCUT2D eigenvalue weighted by atomic mass is 35.5. The number of carbonyl (C=O) groups excluding carboxylic acids is 1. The van der Waals surface area contributed by atoms with Crippen LogP contribution in [0.15, 0.2) is 35.7 Å². The number of carbonyl (C=O) groups is 1. The van der Waals surface area contributed by atoms with Gasteiger partial charge in [0.15, 0.2) is 0 Å².